The van der Waals surface area contributed by atoms with Crippen LogP contribution in [0.15, 0.2) is 28.9 Å². The first-order chi connectivity index (χ1) is 11.1. The molecule has 0 radical (unpaired) electrons. The molecule has 0 bridgehead atoms. The second-order valence-electron chi connectivity index (χ2n) is 5.37. The Morgan fingerprint density at radius 1 is 1.22 bits per heavy atom. The smallest absolute Gasteiger partial charge is 0.291 e. The molecule has 2 rings (SSSR count). The average molecular weight is 334 g/mol. The molecule has 0 saturated heterocycles. The number of thiophene rings is 1. The molecule has 23 heavy (non-hydrogen) atoms. The highest BCUT2D eigenvalue weighted by Gasteiger charge is 2.16. The van der Waals surface area contributed by atoms with Gasteiger partial charge >= 0.3 is 0 Å². The number of hydrogen-bond acceptors (Lipinski definition) is 4. The quantitative estimate of drug-likeness (QED) is 0.710. The summed E-state index contributed by atoms with van der Waals surface area (Å²) in [4.78, 5) is 24.8. The Morgan fingerprint density at radius 2 is 2.04 bits per heavy atom. The highest BCUT2D eigenvalue weighted by Crippen LogP contribution is 2.27. The van der Waals surface area contributed by atoms with E-state index in [9.17, 15) is 9.59 Å². The van der Waals surface area contributed by atoms with Gasteiger partial charge in [0.25, 0.3) is 11.8 Å². The van der Waals surface area contributed by atoms with E-state index in [1.54, 1.807) is 18.2 Å². The third kappa shape index (κ3) is 4.96. The van der Waals surface area contributed by atoms with E-state index in [0.717, 1.165) is 18.4 Å². The summed E-state index contributed by atoms with van der Waals surface area (Å²) in [7, 11) is 0. The summed E-state index contributed by atoms with van der Waals surface area (Å²) in [6.45, 7) is 4.71. The van der Waals surface area contributed by atoms with Gasteiger partial charge in [0.1, 0.15) is 0 Å². The Morgan fingerprint density at radius 3 is 2.74 bits per heavy atom. The zero-order valence-corrected chi connectivity index (χ0v) is 14.3. The Balaban J connectivity index is 1.89. The summed E-state index contributed by atoms with van der Waals surface area (Å²) in [5.41, 5.74) is 0.857. The molecule has 124 valence electrons. The summed E-state index contributed by atoms with van der Waals surface area (Å²) in [6.07, 6.45) is 5.94. The predicted molar refractivity (Wildman–Crippen MR) is 92.2 cm³/mol. The van der Waals surface area contributed by atoms with Gasteiger partial charge < -0.3 is 15.1 Å². The van der Waals surface area contributed by atoms with Crippen molar-refractivity contribution >= 4 is 28.2 Å². The maximum Gasteiger partial charge on any atom is 0.291 e. The van der Waals surface area contributed by atoms with Crippen molar-refractivity contribution in [1.29, 1.82) is 0 Å². The number of anilines is 1. The van der Waals surface area contributed by atoms with Crippen LogP contribution in [0, 0.1) is 6.92 Å². The Hall–Kier alpha value is -2.08. The molecule has 5 nitrogen and oxygen atoms in total. The first kappa shape index (κ1) is 17.3. The van der Waals surface area contributed by atoms with Crippen molar-refractivity contribution in [2.45, 2.75) is 39.5 Å². The molecular weight excluding hydrogens is 312 g/mol. The highest BCUT2D eigenvalue weighted by atomic mass is 32.1. The van der Waals surface area contributed by atoms with Gasteiger partial charge in [-0.05, 0) is 37.1 Å². The predicted octanol–water partition coefficient (Wildman–Crippen LogP) is 4.21. The van der Waals surface area contributed by atoms with Crippen LogP contribution in [-0.4, -0.2) is 18.4 Å². The number of aryl methyl sites for hydroxylation is 1. The van der Waals surface area contributed by atoms with E-state index in [2.05, 4.69) is 17.6 Å². The minimum absolute atomic E-state index is 0.0810. The molecule has 2 aromatic heterocycles. The van der Waals surface area contributed by atoms with E-state index in [0.29, 0.717) is 16.4 Å². The Labute approximate surface area is 140 Å². The zero-order valence-electron chi connectivity index (χ0n) is 13.5. The van der Waals surface area contributed by atoms with Gasteiger partial charge in [0, 0.05) is 6.54 Å². The van der Waals surface area contributed by atoms with Crippen LogP contribution in [0.4, 0.5) is 5.00 Å². The molecule has 0 unspecified atom stereocenters. The number of nitrogens with one attached hydrogen (secondary N) is 2. The first-order valence-electron chi connectivity index (χ1n) is 7.85. The fourth-order valence-electron chi connectivity index (χ4n) is 2.18. The van der Waals surface area contributed by atoms with Crippen molar-refractivity contribution in [1.82, 2.24) is 5.32 Å². The lowest BCUT2D eigenvalue weighted by Crippen LogP contribution is -2.24. The van der Waals surface area contributed by atoms with Gasteiger partial charge in [0.2, 0.25) is 0 Å². The summed E-state index contributed by atoms with van der Waals surface area (Å²) >= 11 is 1.28. The van der Waals surface area contributed by atoms with E-state index < -0.39 is 0 Å². The van der Waals surface area contributed by atoms with Gasteiger partial charge in [-0.2, -0.15) is 0 Å². The van der Waals surface area contributed by atoms with Crippen LogP contribution in [0.2, 0.25) is 0 Å². The van der Waals surface area contributed by atoms with Gasteiger partial charge in [-0.1, -0.05) is 26.2 Å². The second kappa shape index (κ2) is 8.53. The number of furan rings is 1. The monoisotopic (exact) mass is 334 g/mol. The molecule has 0 saturated carbocycles. The van der Waals surface area contributed by atoms with Crippen LogP contribution in [0.3, 0.4) is 0 Å². The maximum absolute atomic E-state index is 12.2. The molecule has 2 aromatic rings. The van der Waals surface area contributed by atoms with Gasteiger partial charge in [-0.25, -0.2) is 0 Å². The molecule has 2 amide bonds. The number of carbonyl (C=O) groups excluding carboxylic acids is 2. The van der Waals surface area contributed by atoms with E-state index in [4.69, 9.17) is 4.42 Å². The molecule has 0 fully saturated rings. The summed E-state index contributed by atoms with van der Waals surface area (Å²) < 4.78 is 5.05. The lowest BCUT2D eigenvalue weighted by atomic mass is 10.2. The molecule has 2 heterocycles. The van der Waals surface area contributed by atoms with Gasteiger partial charge in [0.05, 0.1) is 16.1 Å². The van der Waals surface area contributed by atoms with Crippen LogP contribution in [0.5, 0.6) is 0 Å². The Kier molecular flexibility index (Phi) is 6.40. The van der Waals surface area contributed by atoms with Crippen molar-refractivity contribution in [3.8, 4) is 0 Å². The van der Waals surface area contributed by atoms with Crippen LogP contribution in [0.25, 0.3) is 0 Å². The topological polar surface area (TPSA) is 71.3 Å². The average Bonchev–Trinajstić information content (AvgIpc) is 3.16. The molecule has 0 aliphatic carbocycles. The van der Waals surface area contributed by atoms with E-state index in [1.165, 1.54) is 30.4 Å². The molecule has 6 heteroatoms. The third-order valence-corrected chi connectivity index (χ3v) is 4.57. The minimum Gasteiger partial charge on any atom is -0.459 e. The molecule has 0 atom stereocenters. The fraction of sp³-hybridized carbons (Fsp3) is 0.412. The normalized spacial score (nSPS) is 10.5. The SMILES string of the molecule is CCCCCCNC(=O)c1sc(NC(=O)c2ccco2)cc1C. The van der Waals surface area contributed by atoms with Crippen LogP contribution in [-0.2, 0) is 0 Å². The van der Waals surface area contributed by atoms with Crippen LogP contribution in [0.1, 0.15) is 58.4 Å². The third-order valence-electron chi connectivity index (χ3n) is 3.42. The molecule has 2 N–H and O–H groups in total. The maximum atomic E-state index is 12.2. The minimum atomic E-state index is -0.317. The van der Waals surface area contributed by atoms with Gasteiger partial charge in [0.15, 0.2) is 5.76 Å². The molecule has 0 spiro atoms. The summed E-state index contributed by atoms with van der Waals surface area (Å²) in [5, 5.41) is 6.32. The van der Waals surface area contributed by atoms with Crippen molar-refractivity contribution in [2.75, 3.05) is 11.9 Å². The first-order valence-corrected chi connectivity index (χ1v) is 8.67. The lowest BCUT2D eigenvalue weighted by Gasteiger charge is -2.04. The largest absolute Gasteiger partial charge is 0.459 e. The molecular formula is C17H22N2O3S. The van der Waals surface area contributed by atoms with E-state index in [1.807, 2.05) is 6.92 Å². The molecule has 0 aliphatic heterocycles. The van der Waals surface area contributed by atoms with Gasteiger partial charge in [-0.15, -0.1) is 11.3 Å². The van der Waals surface area contributed by atoms with Crippen molar-refractivity contribution < 1.29 is 14.0 Å². The van der Waals surface area contributed by atoms with Crippen molar-refractivity contribution in [2.24, 2.45) is 0 Å². The van der Waals surface area contributed by atoms with E-state index in [-0.39, 0.29) is 17.6 Å². The fourth-order valence-corrected chi connectivity index (χ4v) is 3.17. The second-order valence-corrected chi connectivity index (χ2v) is 6.42. The number of hydrogen-bond donors (Lipinski definition) is 2. The Bertz CT molecular complexity index is 647. The number of amides is 2. The highest BCUT2D eigenvalue weighted by molar-refractivity contribution is 7.18. The molecule has 0 aliphatic rings. The van der Waals surface area contributed by atoms with Crippen LogP contribution >= 0.6 is 11.3 Å². The van der Waals surface area contributed by atoms with E-state index >= 15 is 0 Å². The zero-order chi connectivity index (χ0) is 16.7. The van der Waals surface area contributed by atoms with Crippen LogP contribution < -0.4 is 10.6 Å². The number of unbranched alkanes of at least 4 members (excludes halogenated alkanes) is 3. The lowest BCUT2D eigenvalue weighted by molar-refractivity contribution is 0.0955. The summed E-state index contributed by atoms with van der Waals surface area (Å²) in [6, 6.07) is 5.06. The van der Waals surface area contributed by atoms with Crippen molar-refractivity contribution in [3.63, 3.8) is 0 Å². The van der Waals surface area contributed by atoms with Gasteiger partial charge in [-0.3, -0.25) is 9.59 Å². The number of carbonyl (C=O) groups is 2. The standard InChI is InChI=1S/C17H22N2O3S/c1-3-4-5-6-9-18-17(21)15-12(2)11-14(23-15)19-16(20)13-8-7-10-22-13/h7-8,10-11H,3-6,9H2,1-2H3,(H,18,21)(H,19,20). The summed E-state index contributed by atoms with van der Waals surface area (Å²) in [5.74, 6) is -0.150. The number of rotatable bonds is 8. The molecule has 0 aromatic carbocycles. The van der Waals surface area contributed by atoms with Crippen molar-refractivity contribution in [3.05, 3.63) is 40.7 Å².